The maximum Gasteiger partial charge on any atom is 0.322 e. The second-order valence-corrected chi connectivity index (χ2v) is 8.42. The predicted octanol–water partition coefficient (Wildman–Crippen LogP) is 2.21. The smallest absolute Gasteiger partial charge is 0.322 e. The highest BCUT2D eigenvalue weighted by molar-refractivity contribution is 5.98. The molecule has 188 valence electrons. The Kier molecular flexibility index (Phi) is 5.86. The summed E-state index contributed by atoms with van der Waals surface area (Å²) >= 11 is 0. The molecule has 2 aromatic heterocycles. The summed E-state index contributed by atoms with van der Waals surface area (Å²) in [5.74, 6) is -5.21. The molecular formula is C22H20F3N7O4. The van der Waals surface area contributed by atoms with E-state index in [1.807, 2.05) is 0 Å². The second-order valence-electron chi connectivity index (χ2n) is 8.42. The number of fused-ring (bicyclic) bond motifs is 1. The summed E-state index contributed by atoms with van der Waals surface area (Å²) in [4.78, 5) is 46.3. The number of rotatable bonds is 4. The minimum atomic E-state index is -1.62. The molecule has 4 amide bonds. The molecule has 1 saturated heterocycles. The first kappa shape index (κ1) is 23.4. The summed E-state index contributed by atoms with van der Waals surface area (Å²) in [6, 6.07) is 0.295. The van der Waals surface area contributed by atoms with Gasteiger partial charge >= 0.3 is 11.9 Å². The summed E-state index contributed by atoms with van der Waals surface area (Å²) in [6.45, 7) is 0.840. The average Bonchev–Trinajstić information content (AvgIpc) is 3.61. The molecule has 36 heavy (non-hydrogen) atoms. The SMILES string of the molecule is CN(C(=O)c1ncco1)C1CC(=O)N(c2cnn3c2CN(C(=O)Nc2cc(F)c(F)c(F)c2)CC3)C1. The van der Waals surface area contributed by atoms with E-state index < -0.39 is 35.4 Å². The largest absolute Gasteiger partial charge is 0.441 e. The number of anilines is 2. The third kappa shape index (κ3) is 4.14. The third-order valence-corrected chi connectivity index (χ3v) is 6.25. The van der Waals surface area contributed by atoms with Crippen molar-refractivity contribution in [1.82, 2.24) is 24.6 Å². The van der Waals surface area contributed by atoms with E-state index in [0.29, 0.717) is 30.1 Å². The summed E-state index contributed by atoms with van der Waals surface area (Å²) < 4.78 is 46.9. The van der Waals surface area contributed by atoms with Crippen LogP contribution >= 0.6 is 0 Å². The van der Waals surface area contributed by atoms with Gasteiger partial charge in [-0.05, 0) is 0 Å². The Bertz CT molecular complexity index is 1320. The van der Waals surface area contributed by atoms with E-state index in [4.69, 9.17) is 4.42 Å². The third-order valence-electron chi connectivity index (χ3n) is 6.25. The first-order chi connectivity index (χ1) is 17.2. The zero-order valence-electron chi connectivity index (χ0n) is 18.9. The van der Waals surface area contributed by atoms with Gasteiger partial charge in [-0.2, -0.15) is 5.10 Å². The number of nitrogens with one attached hydrogen (secondary N) is 1. The molecule has 5 rings (SSSR count). The van der Waals surface area contributed by atoms with Gasteiger partial charge in [0.25, 0.3) is 5.89 Å². The van der Waals surface area contributed by atoms with Crippen LogP contribution in [0.3, 0.4) is 0 Å². The Morgan fingerprint density at radius 3 is 2.64 bits per heavy atom. The molecule has 11 nitrogen and oxygen atoms in total. The van der Waals surface area contributed by atoms with Crippen LogP contribution in [0.2, 0.25) is 0 Å². The van der Waals surface area contributed by atoms with Crippen molar-refractivity contribution in [2.24, 2.45) is 0 Å². The van der Waals surface area contributed by atoms with Crippen molar-refractivity contribution in [3.05, 3.63) is 59.8 Å². The van der Waals surface area contributed by atoms with Crippen LogP contribution < -0.4 is 10.2 Å². The minimum absolute atomic E-state index is 0.0624. The molecule has 2 aliphatic rings. The monoisotopic (exact) mass is 503 g/mol. The van der Waals surface area contributed by atoms with Gasteiger partial charge in [0.2, 0.25) is 5.91 Å². The fraction of sp³-hybridized carbons (Fsp3) is 0.318. The quantitative estimate of drug-likeness (QED) is 0.546. The first-order valence-corrected chi connectivity index (χ1v) is 10.9. The topological polar surface area (TPSA) is 117 Å². The molecule has 0 spiro atoms. The number of urea groups is 1. The molecule has 2 aliphatic heterocycles. The molecule has 4 heterocycles. The number of carbonyl (C=O) groups excluding carboxylic acids is 3. The van der Waals surface area contributed by atoms with Crippen LogP contribution in [-0.2, 0) is 17.9 Å². The Morgan fingerprint density at radius 2 is 1.94 bits per heavy atom. The van der Waals surface area contributed by atoms with Crippen LogP contribution in [0.4, 0.5) is 29.3 Å². The number of benzene rings is 1. The number of hydrogen-bond acceptors (Lipinski definition) is 6. The predicted molar refractivity (Wildman–Crippen MR) is 117 cm³/mol. The molecular weight excluding hydrogens is 483 g/mol. The Balaban J connectivity index is 1.29. The van der Waals surface area contributed by atoms with Crippen LogP contribution in [0.1, 0.15) is 22.8 Å². The van der Waals surface area contributed by atoms with Gasteiger partial charge in [0.1, 0.15) is 6.26 Å². The zero-order valence-corrected chi connectivity index (χ0v) is 18.9. The highest BCUT2D eigenvalue weighted by Gasteiger charge is 2.38. The second kappa shape index (κ2) is 9.02. The van der Waals surface area contributed by atoms with Crippen molar-refractivity contribution in [2.75, 3.05) is 30.4 Å². The van der Waals surface area contributed by atoms with Crippen molar-refractivity contribution in [1.29, 1.82) is 0 Å². The van der Waals surface area contributed by atoms with Crippen molar-refractivity contribution < 1.29 is 32.0 Å². The van der Waals surface area contributed by atoms with E-state index in [0.717, 1.165) is 0 Å². The van der Waals surface area contributed by atoms with E-state index in [9.17, 15) is 27.6 Å². The molecule has 14 heteroatoms. The van der Waals surface area contributed by atoms with Crippen LogP contribution in [0.5, 0.6) is 0 Å². The van der Waals surface area contributed by atoms with Gasteiger partial charge in [-0.3, -0.25) is 14.3 Å². The van der Waals surface area contributed by atoms with Gasteiger partial charge in [-0.1, -0.05) is 0 Å². The minimum Gasteiger partial charge on any atom is -0.441 e. The first-order valence-electron chi connectivity index (χ1n) is 10.9. The Morgan fingerprint density at radius 1 is 1.19 bits per heavy atom. The fourth-order valence-electron chi connectivity index (χ4n) is 4.29. The molecule has 1 aromatic carbocycles. The van der Waals surface area contributed by atoms with E-state index in [1.165, 1.54) is 33.4 Å². The summed E-state index contributed by atoms with van der Waals surface area (Å²) in [6.07, 6.45) is 4.26. The number of halogens is 3. The lowest BCUT2D eigenvalue weighted by Crippen LogP contribution is -2.42. The molecule has 1 unspecified atom stereocenters. The fourth-order valence-corrected chi connectivity index (χ4v) is 4.29. The standard InChI is InChI=1S/C22H20F3N7O4/c1-29(21(34)20-26-2-5-36-20)13-8-18(33)31(10-13)16-9-27-32-4-3-30(11-17(16)32)22(35)28-12-6-14(23)19(25)15(24)7-12/h2,5-7,9,13H,3-4,8,10-11H2,1H3,(H,28,35). The number of likely N-dealkylation sites (N-methyl/N-ethyl adjacent to an activating group) is 1. The van der Waals surface area contributed by atoms with Crippen molar-refractivity contribution in [2.45, 2.75) is 25.6 Å². The van der Waals surface area contributed by atoms with Crippen molar-refractivity contribution in [3.63, 3.8) is 0 Å². The number of amides is 4. The van der Waals surface area contributed by atoms with E-state index >= 15 is 0 Å². The average molecular weight is 503 g/mol. The number of oxazole rings is 1. The van der Waals surface area contributed by atoms with Crippen LogP contribution in [-0.4, -0.2) is 68.6 Å². The highest BCUT2D eigenvalue weighted by atomic mass is 19.2. The van der Waals surface area contributed by atoms with Crippen molar-refractivity contribution >= 4 is 29.2 Å². The molecule has 0 saturated carbocycles. The van der Waals surface area contributed by atoms with E-state index in [2.05, 4.69) is 15.4 Å². The lowest BCUT2D eigenvalue weighted by atomic mass is 10.2. The lowest BCUT2D eigenvalue weighted by Gasteiger charge is -2.30. The number of nitrogens with zero attached hydrogens (tertiary/aromatic N) is 6. The van der Waals surface area contributed by atoms with Crippen molar-refractivity contribution in [3.8, 4) is 0 Å². The van der Waals surface area contributed by atoms with Crippen LogP contribution in [0.15, 0.2) is 35.2 Å². The summed E-state index contributed by atoms with van der Waals surface area (Å²) in [7, 11) is 1.56. The number of hydrogen-bond donors (Lipinski definition) is 1. The number of aromatic nitrogens is 3. The van der Waals surface area contributed by atoms with Crippen LogP contribution in [0, 0.1) is 17.5 Å². The Hall–Kier alpha value is -4.36. The molecule has 1 atom stereocenters. The maximum absolute atomic E-state index is 13.5. The van der Waals surface area contributed by atoms with Gasteiger partial charge < -0.3 is 24.4 Å². The van der Waals surface area contributed by atoms with Gasteiger partial charge in [0.15, 0.2) is 17.5 Å². The maximum atomic E-state index is 13.5. The Labute approximate surface area is 202 Å². The normalized spacial score (nSPS) is 17.3. The van der Waals surface area contributed by atoms with Gasteiger partial charge in [0, 0.05) is 44.4 Å². The van der Waals surface area contributed by atoms with Crippen LogP contribution in [0.25, 0.3) is 0 Å². The highest BCUT2D eigenvalue weighted by Crippen LogP contribution is 2.30. The molecule has 3 aromatic rings. The summed E-state index contributed by atoms with van der Waals surface area (Å²) in [5.41, 5.74) is 0.853. The van der Waals surface area contributed by atoms with Gasteiger partial charge in [-0.15, -0.1) is 0 Å². The number of carbonyl (C=O) groups is 3. The van der Waals surface area contributed by atoms with E-state index in [-0.39, 0.29) is 43.5 Å². The molecule has 0 aliphatic carbocycles. The molecule has 0 bridgehead atoms. The lowest BCUT2D eigenvalue weighted by molar-refractivity contribution is -0.117. The van der Waals surface area contributed by atoms with E-state index in [1.54, 1.807) is 11.7 Å². The van der Waals surface area contributed by atoms with Gasteiger partial charge in [0.05, 0.1) is 42.9 Å². The molecule has 0 radical (unpaired) electrons. The zero-order chi connectivity index (χ0) is 25.6. The molecule has 1 fully saturated rings. The van der Waals surface area contributed by atoms with Gasteiger partial charge in [-0.25, -0.2) is 22.9 Å². The molecule has 1 N–H and O–H groups in total. The summed E-state index contributed by atoms with van der Waals surface area (Å²) in [5, 5.41) is 6.67.